The van der Waals surface area contributed by atoms with Crippen molar-refractivity contribution in [3.8, 4) is 0 Å². The number of carbonyl (C=O) groups is 1. The van der Waals surface area contributed by atoms with E-state index in [0.717, 1.165) is 19.4 Å². The summed E-state index contributed by atoms with van der Waals surface area (Å²) in [5, 5.41) is 6.88. The molecule has 122 valence electrons. The molecule has 0 spiro atoms. The molecule has 1 heterocycles. The minimum absolute atomic E-state index is 0.267. The summed E-state index contributed by atoms with van der Waals surface area (Å²) >= 11 is 0. The summed E-state index contributed by atoms with van der Waals surface area (Å²) in [4.78, 5) is 12.3. The number of rotatable bonds is 4. The maximum absolute atomic E-state index is 12.3. The summed E-state index contributed by atoms with van der Waals surface area (Å²) in [5.74, 6) is 0.895. The highest BCUT2D eigenvalue weighted by Crippen LogP contribution is 2.38. The van der Waals surface area contributed by atoms with Crippen LogP contribution in [0.5, 0.6) is 0 Å². The Balaban J connectivity index is 1.77. The molecule has 1 saturated heterocycles. The third-order valence-electron chi connectivity index (χ3n) is 5.36. The van der Waals surface area contributed by atoms with E-state index in [4.69, 9.17) is 0 Å². The van der Waals surface area contributed by atoms with Crippen molar-refractivity contribution in [3.63, 3.8) is 0 Å². The highest BCUT2D eigenvalue weighted by Gasteiger charge is 2.34. The summed E-state index contributed by atoms with van der Waals surface area (Å²) in [6, 6.07) is 0.958. The minimum atomic E-state index is 0.267. The van der Waals surface area contributed by atoms with Crippen LogP contribution in [0.2, 0.25) is 0 Å². The van der Waals surface area contributed by atoms with Crippen LogP contribution in [0.15, 0.2) is 0 Å². The molecule has 0 aromatic carbocycles. The maximum Gasteiger partial charge on any atom is 0.220 e. The smallest absolute Gasteiger partial charge is 0.220 e. The van der Waals surface area contributed by atoms with Gasteiger partial charge in [-0.2, -0.15) is 0 Å². The van der Waals surface area contributed by atoms with Crippen LogP contribution in [-0.2, 0) is 4.79 Å². The molecular weight excluding hydrogens is 260 g/mol. The lowest BCUT2D eigenvalue weighted by atomic mass is 9.69. The normalized spacial score (nSPS) is 30.9. The van der Waals surface area contributed by atoms with Gasteiger partial charge in [0.1, 0.15) is 0 Å². The Morgan fingerprint density at radius 1 is 1.10 bits per heavy atom. The van der Waals surface area contributed by atoms with Gasteiger partial charge in [0.2, 0.25) is 5.91 Å². The zero-order chi connectivity index (χ0) is 15.3. The summed E-state index contributed by atoms with van der Waals surface area (Å²) in [6.07, 6.45) is 10.5. The predicted octanol–water partition coefficient (Wildman–Crippen LogP) is 3.63. The van der Waals surface area contributed by atoms with E-state index in [-0.39, 0.29) is 5.91 Å². The van der Waals surface area contributed by atoms with E-state index in [9.17, 15) is 4.79 Å². The van der Waals surface area contributed by atoms with Gasteiger partial charge in [-0.3, -0.25) is 4.79 Å². The molecule has 1 aliphatic heterocycles. The largest absolute Gasteiger partial charge is 0.353 e. The van der Waals surface area contributed by atoms with Gasteiger partial charge in [-0.25, -0.2) is 0 Å². The van der Waals surface area contributed by atoms with Gasteiger partial charge in [0.25, 0.3) is 0 Å². The van der Waals surface area contributed by atoms with Crippen molar-refractivity contribution >= 4 is 5.91 Å². The van der Waals surface area contributed by atoms with E-state index < -0.39 is 0 Å². The number of hydrogen-bond acceptors (Lipinski definition) is 2. The SMILES string of the molecule is CC(C)(C)C1CCCCC1NC(=O)CCC1CCCCN1. The van der Waals surface area contributed by atoms with Crippen LogP contribution in [0.4, 0.5) is 0 Å². The first-order chi connectivity index (χ1) is 9.97. The zero-order valence-electron chi connectivity index (χ0n) is 14.2. The number of amides is 1. The van der Waals surface area contributed by atoms with E-state index in [0.29, 0.717) is 29.8 Å². The van der Waals surface area contributed by atoms with E-state index in [1.165, 1.54) is 38.5 Å². The number of nitrogens with one attached hydrogen (secondary N) is 2. The highest BCUT2D eigenvalue weighted by atomic mass is 16.1. The lowest BCUT2D eigenvalue weighted by Crippen LogP contribution is -2.47. The van der Waals surface area contributed by atoms with Gasteiger partial charge in [-0.05, 0) is 50.0 Å². The Labute approximate surface area is 130 Å². The van der Waals surface area contributed by atoms with Crippen LogP contribution >= 0.6 is 0 Å². The van der Waals surface area contributed by atoms with Crippen LogP contribution in [-0.4, -0.2) is 24.5 Å². The van der Waals surface area contributed by atoms with Gasteiger partial charge in [-0.15, -0.1) is 0 Å². The molecule has 1 amide bonds. The average Bonchev–Trinajstić information content (AvgIpc) is 2.46. The lowest BCUT2D eigenvalue weighted by molar-refractivity contribution is -0.123. The minimum Gasteiger partial charge on any atom is -0.353 e. The highest BCUT2D eigenvalue weighted by molar-refractivity contribution is 5.76. The first-order valence-corrected chi connectivity index (χ1v) is 8.99. The maximum atomic E-state index is 12.3. The summed E-state index contributed by atoms with van der Waals surface area (Å²) in [7, 11) is 0. The molecule has 0 aromatic rings. The van der Waals surface area contributed by atoms with Crippen molar-refractivity contribution in [1.82, 2.24) is 10.6 Å². The second-order valence-corrected chi connectivity index (χ2v) is 8.12. The molecule has 0 bridgehead atoms. The van der Waals surface area contributed by atoms with Gasteiger partial charge in [-0.1, -0.05) is 40.0 Å². The van der Waals surface area contributed by atoms with Gasteiger partial charge < -0.3 is 10.6 Å². The van der Waals surface area contributed by atoms with E-state index in [1.807, 2.05) is 0 Å². The molecule has 3 heteroatoms. The quantitative estimate of drug-likeness (QED) is 0.831. The predicted molar refractivity (Wildman–Crippen MR) is 88.2 cm³/mol. The van der Waals surface area contributed by atoms with E-state index in [2.05, 4.69) is 31.4 Å². The van der Waals surface area contributed by atoms with Crippen molar-refractivity contribution in [1.29, 1.82) is 0 Å². The van der Waals surface area contributed by atoms with Gasteiger partial charge in [0.15, 0.2) is 0 Å². The number of piperidine rings is 1. The van der Waals surface area contributed by atoms with E-state index in [1.54, 1.807) is 0 Å². The molecular formula is C18H34N2O. The van der Waals surface area contributed by atoms with Gasteiger partial charge >= 0.3 is 0 Å². The molecule has 2 rings (SSSR count). The van der Waals surface area contributed by atoms with Gasteiger partial charge in [0, 0.05) is 18.5 Å². The van der Waals surface area contributed by atoms with Crippen LogP contribution < -0.4 is 10.6 Å². The summed E-state index contributed by atoms with van der Waals surface area (Å²) in [6.45, 7) is 8.07. The fraction of sp³-hybridized carbons (Fsp3) is 0.944. The summed E-state index contributed by atoms with van der Waals surface area (Å²) < 4.78 is 0. The molecule has 3 nitrogen and oxygen atoms in total. The second kappa shape index (κ2) is 7.62. The van der Waals surface area contributed by atoms with Crippen LogP contribution in [0, 0.1) is 11.3 Å². The van der Waals surface area contributed by atoms with Crippen molar-refractivity contribution in [3.05, 3.63) is 0 Å². The van der Waals surface area contributed by atoms with E-state index >= 15 is 0 Å². The lowest BCUT2D eigenvalue weighted by Gasteiger charge is -2.40. The molecule has 21 heavy (non-hydrogen) atoms. The molecule has 2 aliphatic rings. The Hall–Kier alpha value is -0.570. The Kier molecular flexibility index (Phi) is 6.09. The fourth-order valence-corrected chi connectivity index (χ4v) is 4.09. The second-order valence-electron chi connectivity index (χ2n) is 8.12. The zero-order valence-corrected chi connectivity index (χ0v) is 14.2. The topological polar surface area (TPSA) is 41.1 Å². The Morgan fingerprint density at radius 3 is 2.48 bits per heavy atom. The van der Waals surface area contributed by atoms with Crippen LogP contribution in [0.3, 0.4) is 0 Å². The van der Waals surface area contributed by atoms with Gasteiger partial charge in [0.05, 0.1) is 0 Å². The van der Waals surface area contributed by atoms with Crippen molar-refractivity contribution < 1.29 is 4.79 Å². The van der Waals surface area contributed by atoms with Crippen molar-refractivity contribution in [2.45, 2.75) is 90.6 Å². The Bertz CT molecular complexity index is 329. The fourth-order valence-electron chi connectivity index (χ4n) is 4.09. The van der Waals surface area contributed by atoms with Crippen molar-refractivity contribution in [2.75, 3.05) is 6.54 Å². The van der Waals surface area contributed by atoms with Crippen molar-refractivity contribution in [2.24, 2.45) is 11.3 Å². The number of hydrogen-bond donors (Lipinski definition) is 2. The first kappa shape index (κ1) is 16.8. The first-order valence-electron chi connectivity index (χ1n) is 8.99. The van der Waals surface area contributed by atoms with Crippen LogP contribution in [0.1, 0.15) is 78.6 Å². The molecule has 2 fully saturated rings. The Morgan fingerprint density at radius 2 is 1.81 bits per heavy atom. The standard InChI is InChI=1S/C18H34N2O/c1-18(2,3)15-9-4-5-10-16(15)20-17(21)12-11-14-8-6-7-13-19-14/h14-16,19H,4-13H2,1-3H3,(H,20,21). The van der Waals surface area contributed by atoms with Crippen LogP contribution in [0.25, 0.3) is 0 Å². The molecule has 3 atom stereocenters. The third kappa shape index (κ3) is 5.28. The average molecular weight is 294 g/mol. The molecule has 2 N–H and O–H groups in total. The molecule has 1 aliphatic carbocycles. The molecule has 1 saturated carbocycles. The molecule has 0 aromatic heterocycles. The monoisotopic (exact) mass is 294 g/mol. The molecule has 3 unspecified atom stereocenters. The number of carbonyl (C=O) groups excluding carboxylic acids is 1. The summed E-state index contributed by atoms with van der Waals surface area (Å²) in [5.41, 5.74) is 0.295. The third-order valence-corrected chi connectivity index (χ3v) is 5.36. The molecule has 0 radical (unpaired) electrons.